The van der Waals surface area contributed by atoms with E-state index in [0.29, 0.717) is 0 Å². The first-order valence-corrected chi connectivity index (χ1v) is 11.5. The molecule has 0 fully saturated rings. The SMILES string of the molecule is CC(=O)N(CC(=O)O)Cc1ccc(-c2ccc(C[C@H](NC(=O)c3ccccc3Cl)C(=O)O)cc2)cc1. The summed E-state index contributed by atoms with van der Waals surface area (Å²) in [6.07, 6.45) is 0.0925. The molecule has 36 heavy (non-hydrogen) atoms. The number of nitrogens with zero attached hydrogens (tertiary/aromatic N) is 1. The topological polar surface area (TPSA) is 124 Å². The molecular formula is C27H25ClN2O6. The van der Waals surface area contributed by atoms with E-state index in [9.17, 15) is 24.3 Å². The van der Waals surface area contributed by atoms with Gasteiger partial charge in [0, 0.05) is 19.9 Å². The van der Waals surface area contributed by atoms with E-state index in [4.69, 9.17) is 16.7 Å². The zero-order chi connectivity index (χ0) is 26.2. The summed E-state index contributed by atoms with van der Waals surface area (Å²) in [5, 5.41) is 21.3. The minimum Gasteiger partial charge on any atom is -0.480 e. The number of halogens is 1. The Labute approximate surface area is 213 Å². The highest BCUT2D eigenvalue weighted by atomic mass is 35.5. The Morgan fingerprint density at radius 3 is 1.92 bits per heavy atom. The van der Waals surface area contributed by atoms with Crippen LogP contribution in [0.5, 0.6) is 0 Å². The van der Waals surface area contributed by atoms with Crippen LogP contribution in [-0.4, -0.2) is 51.5 Å². The maximum Gasteiger partial charge on any atom is 0.326 e. The lowest BCUT2D eigenvalue weighted by Gasteiger charge is -2.19. The molecule has 1 atom stereocenters. The van der Waals surface area contributed by atoms with Crippen LogP contribution < -0.4 is 5.32 Å². The lowest BCUT2D eigenvalue weighted by atomic mass is 9.99. The van der Waals surface area contributed by atoms with Gasteiger partial charge in [-0.15, -0.1) is 0 Å². The zero-order valence-electron chi connectivity index (χ0n) is 19.5. The highest BCUT2D eigenvalue weighted by Gasteiger charge is 2.22. The average molecular weight is 509 g/mol. The van der Waals surface area contributed by atoms with E-state index >= 15 is 0 Å². The molecule has 0 aliphatic heterocycles. The largest absolute Gasteiger partial charge is 0.480 e. The van der Waals surface area contributed by atoms with Crippen LogP contribution in [0.2, 0.25) is 5.02 Å². The molecule has 0 unspecified atom stereocenters. The summed E-state index contributed by atoms with van der Waals surface area (Å²) in [6, 6.07) is 20.0. The lowest BCUT2D eigenvalue weighted by molar-refractivity contribution is -0.144. The van der Waals surface area contributed by atoms with Crippen LogP contribution in [0.1, 0.15) is 28.4 Å². The Kier molecular flexibility index (Phi) is 8.81. The number of amides is 2. The lowest BCUT2D eigenvalue weighted by Crippen LogP contribution is -2.42. The number of carboxylic acid groups (broad SMARTS) is 2. The van der Waals surface area contributed by atoms with E-state index < -0.39 is 23.9 Å². The molecular weight excluding hydrogens is 484 g/mol. The maximum atomic E-state index is 12.5. The molecule has 0 bridgehead atoms. The van der Waals surface area contributed by atoms with Crippen molar-refractivity contribution in [2.75, 3.05) is 6.54 Å². The van der Waals surface area contributed by atoms with Crippen LogP contribution in [0.4, 0.5) is 0 Å². The van der Waals surface area contributed by atoms with Crippen LogP contribution in [-0.2, 0) is 27.3 Å². The van der Waals surface area contributed by atoms with Crippen molar-refractivity contribution in [1.29, 1.82) is 0 Å². The summed E-state index contributed by atoms with van der Waals surface area (Å²) in [5.41, 5.74) is 3.53. The first-order valence-electron chi connectivity index (χ1n) is 11.1. The maximum absolute atomic E-state index is 12.5. The third-order valence-corrected chi connectivity index (χ3v) is 5.88. The number of nitrogens with one attached hydrogen (secondary N) is 1. The van der Waals surface area contributed by atoms with Gasteiger partial charge in [-0.2, -0.15) is 0 Å². The van der Waals surface area contributed by atoms with Gasteiger partial charge in [0.25, 0.3) is 5.91 Å². The minimum atomic E-state index is -1.16. The normalized spacial score (nSPS) is 11.4. The van der Waals surface area contributed by atoms with E-state index in [-0.39, 0.29) is 36.0 Å². The Morgan fingerprint density at radius 2 is 1.42 bits per heavy atom. The molecule has 0 radical (unpaired) electrons. The molecule has 0 spiro atoms. The predicted octanol–water partition coefficient (Wildman–Crippen LogP) is 3.87. The number of aliphatic carboxylic acids is 2. The molecule has 0 aliphatic rings. The van der Waals surface area contributed by atoms with Gasteiger partial charge >= 0.3 is 11.9 Å². The monoisotopic (exact) mass is 508 g/mol. The van der Waals surface area contributed by atoms with E-state index in [2.05, 4.69) is 5.32 Å². The van der Waals surface area contributed by atoms with Gasteiger partial charge in [-0.3, -0.25) is 14.4 Å². The number of carbonyl (C=O) groups is 4. The van der Waals surface area contributed by atoms with Crippen LogP contribution in [0.3, 0.4) is 0 Å². The molecule has 0 aliphatic carbocycles. The van der Waals surface area contributed by atoms with Gasteiger partial charge in [-0.1, -0.05) is 72.3 Å². The van der Waals surface area contributed by atoms with Gasteiger partial charge in [-0.05, 0) is 34.4 Å². The molecule has 0 saturated heterocycles. The highest BCUT2D eigenvalue weighted by molar-refractivity contribution is 6.33. The fourth-order valence-corrected chi connectivity index (χ4v) is 3.84. The van der Waals surface area contributed by atoms with Crippen molar-refractivity contribution in [1.82, 2.24) is 10.2 Å². The molecule has 0 aromatic heterocycles. The third kappa shape index (κ3) is 7.16. The number of carboxylic acids is 2. The standard InChI is InChI=1S/C27H25ClN2O6/c1-17(31)30(16-25(32)33)15-19-8-12-21(13-9-19)20-10-6-18(7-11-20)14-24(27(35)36)29-26(34)22-4-2-3-5-23(22)28/h2-13,24H,14-16H2,1H3,(H,29,34)(H,32,33)(H,35,36)/t24-/m0/s1. The summed E-state index contributed by atoms with van der Waals surface area (Å²) in [7, 11) is 0. The third-order valence-electron chi connectivity index (χ3n) is 5.55. The second-order valence-electron chi connectivity index (χ2n) is 8.21. The summed E-state index contributed by atoms with van der Waals surface area (Å²) in [4.78, 5) is 48.1. The molecule has 0 saturated carbocycles. The van der Waals surface area contributed by atoms with E-state index in [1.807, 2.05) is 36.4 Å². The fraction of sp³-hybridized carbons (Fsp3) is 0.185. The molecule has 3 rings (SSSR count). The molecule has 2 amide bonds. The number of hydrogen-bond donors (Lipinski definition) is 3. The fourth-order valence-electron chi connectivity index (χ4n) is 3.62. The molecule has 9 heteroatoms. The summed E-state index contributed by atoms with van der Waals surface area (Å²) in [5.74, 6) is -3.11. The van der Waals surface area contributed by atoms with Gasteiger partial charge in [-0.25, -0.2) is 4.79 Å². The van der Waals surface area contributed by atoms with Crippen molar-refractivity contribution in [3.8, 4) is 11.1 Å². The first kappa shape index (κ1) is 26.4. The number of benzene rings is 3. The van der Waals surface area contributed by atoms with Crippen molar-refractivity contribution in [3.63, 3.8) is 0 Å². The van der Waals surface area contributed by atoms with Crippen molar-refractivity contribution < 1.29 is 29.4 Å². The zero-order valence-corrected chi connectivity index (χ0v) is 20.2. The average Bonchev–Trinajstić information content (AvgIpc) is 2.84. The number of rotatable bonds is 10. The molecule has 3 aromatic rings. The van der Waals surface area contributed by atoms with Gasteiger partial charge < -0.3 is 20.4 Å². The molecule has 186 valence electrons. The summed E-state index contributed by atoms with van der Waals surface area (Å²) < 4.78 is 0. The number of carbonyl (C=O) groups excluding carboxylic acids is 2. The van der Waals surface area contributed by atoms with E-state index in [0.717, 1.165) is 22.3 Å². The molecule has 3 aromatic carbocycles. The van der Waals surface area contributed by atoms with Crippen LogP contribution in [0.25, 0.3) is 11.1 Å². The molecule has 3 N–H and O–H groups in total. The van der Waals surface area contributed by atoms with Crippen molar-refractivity contribution in [2.24, 2.45) is 0 Å². The number of hydrogen-bond acceptors (Lipinski definition) is 4. The molecule has 8 nitrogen and oxygen atoms in total. The summed E-state index contributed by atoms with van der Waals surface area (Å²) >= 11 is 6.04. The Balaban J connectivity index is 1.66. The van der Waals surface area contributed by atoms with Crippen LogP contribution in [0, 0.1) is 0 Å². The minimum absolute atomic E-state index is 0.0925. The summed E-state index contributed by atoms with van der Waals surface area (Å²) in [6.45, 7) is 1.15. The van der Waals surface area contributed by atoms with Crippen molar-refractivity contribution >= 4 is 35.4 Å². The Morgan fingerprint density at radius 1 is 0.861 bits per heavy atom. The second-order valence-corrected chi connectivity index (χ2v) is 8.62. The van der Waals surface area contributed by atoms with Gasteiger partial charge in [0.15, 0.2) is 0 Å². The predicted molar refractivity (Wildman–Crippen MR) is 135 cm³/mol. The Hall–Kier alpha value is -4.17. The smallest absolute Gasteiger partial charge is 0.326 e. The quantitative estimate of drug-likeness (QED) is 0.382. The first-order chi connectivity index (χ1) is 17.1. The second kappa shape index (κ2) is 12.0. The van der Waals surface area contributed by atoms with Gasteiger partial charge in [0.1, 0.15) is 12.6 Å². The van der Waals surface area contributed by atoms with E-state index in [1.165, 1.54) is 17.9 Å². The van der Waals surface area contributed by atoms with Crippen molar-refractivity contribution in [3.05, 3.63) is 94.5 Å². The van der Waals surface area contributed by atoms with Gasteiger partial charge in [0.05, 0.1) is 10.6 Å². The van der Waals surface area contributed by atoms with Crippen LogP contribution >= 0.6 is 11.6 Å². The van der Waals surface area contributed by atoms with Gasteiger partial charge in [0.2, 0.25) is 5.91 Å². The highest BCUT2D eigenvalue weighted by Crippen LogP contribution is 2.22. The van der Waals surface area contributed by atoms with E-state index in [1.54, 1.807) is 30.3 Å². The van der Waals surface area contributed by atoms with Crippen LogP contribution in [0.15, 0.2) is 72.8 Å². The molecule has 0 heterocycles. The Bertz CT molecular complexity index is 1260. The van der Waals surface area contributed by atoms with Crippen molar-refractivity contribution in [2.45, 2.75) is 25.9 Å².